The molecule has 2 aliphatic rings. The van der Waals surface area contributed by atoms with Crippen molar-refractivity contribution in [2.75, 3.05) is 33.2 Å². The van der Waals surface area contributed by atoms with Crippen LogP contribution in [0, 0.1) is 0 Å². The lowest BCUT2D eigenvalue weighted by atomic mass is 10.2. The lowest BCUT2D eigenvalue weighted by Gasteiger charge is -2.38. The van der Waals surface area contributed by atoms with E-state index in [-0.39, 0.29) is 0 Å². The van der Waals surface area contributed by atoms with Gasteiger partial charge in [0.1, 0.15) is 0 Å². The second kappa shape index (κ2) is 3.32. The second-order valence-corrected chi connectivity index (χ2v) is 4.10. The van der Waals surface area contributed by atoms with E-state index in [0.29, 0.717) is 0 Å². The minimum absolute atomic E-state index is 0.809. The van der Waals surface area contributed by atoms with Crippen LogP contribution in [0.15, 0.2) is 0 Å². The van der Waals surface area contributed by atoms with Gasteiger partial charge < -0.3 is 5.73 Å². The van der Waals surface area contributed by atoms with Gasteiger partial charge in [0.05, 0.1) is 0 Å². The molecular weight excluding hydrogens is 150 g/mol. The fourth-order valence-corrected chi connectivity index (χ4v) is 2.57. The number of rotatable bonds is 2. The van der Waals surface area contributed by atoms with Crippen LogP contribution in [0.3, 0.4) is 0 Å². The molecule has 0 aromatic carbocycles. The Bertz CT molecular complexity index is 146. The van der Waals surface area contributed by atoms with Crippen molar-refractivity contribution < 1.29 is 0 Å². The molecule has 2 atom stereocenters. The Morgan fingerprint density at radius 2 is 1.83 bits per heavy atom. The highest BCUT2D eigenvalue weighted by Crippen LogP contribution is 2.27. The zero-order valence-corrected chi connectivity index (χ0v) is 7.87. The molecular formula is C9H19N3. The van der Waals surface area contributed by atoms with Crippen molar-refractivity contribution in [2.45, 2.75) is 24.9 Å². The lowest BCUT2D eigenvalue weighted by Crippen LogP contribution is -2.52. The van der Waals surface area contributed by atoms with Crippen LogP contribution >= 0.6 is 0 Å². The molecule has 2 bridgehead atoms. The van der Waals surface area contributed by atoms with Gasteiger partial charge in [-0.2, -0.15) is 0 Å². The fourth-order valence-electron chi connectivity index (χ4n) is 2.57. The summed E-state index contributed by atoms with van der Waals surface area (Å²) in [7, 11) is 2.27. The third kappa shape index (κ3) is 1.37. The summed E-state index contributed by atoms with van der Waals surface area (Å²) in [6.07, 6.45) is 2.78. The van der Waals surface area contributed by atoms with E-state index < -0.39 is 0 Å². The Morgan fingerprint density at radius 3 is 2.33 bits per heavy atom. The maximum Gasteiger partial charge on any atom is 0.0224 e. The molecule has 0 aromatic rings. The number of piperazine rings is 1. The van der Waals surface area contributed by atoms with Crippen molar-refractivity contribution in [3.8, 4) is 0 Å². The summed E-state index contributed by atoms with van der Waals surface area (Å²) in [4.78, 5) is 5.06. The van der Waals surface area contributed by atoms with Crippen molar-refractivity contribution in [2.24, 2.45) is 5.73 Å². The molecule has 2 rings (SSSR count). The van der Waals surface area contributed by atoms with E-state index in [2.05, 4.69) is 16.8 Å². The van der Waals surface area contributed by atoms with Crippen molar-refractivity contribution >= 4 is 0 Å². The molecule has 0 aromatic heterocycles. The van der Waals surface area contributed by atoms with Gasteiger partial charge in [0.15, 0.2) is 0 Å². The molecule has 2 N–H and O–H groups in total. The van der Waals surface area contributed by atoms with Gasteiger partial charge in [-0.25, -0.2) is 0 Å². The minimum Gasteiger partial charge on any atom is -0.329 e. The number of likely N-dealkylation sites (tertiary alicyclic amines) is 1. The molecule has 12 heavy (non-hydrogen) atoms. The zero-order valence-electron chi connectivity index (χ0n) is 7.87. The first-order valence-electron chi connectivity index (χ1n) is 4.95. The predicted molar refractivity (Wildman–Crippen MR) is 50.1 cm³/mol. The van der Waals surface area contributed by atoms with Crippen LogP contribution < -0.4 is 5.73 Å². The Hall–Kier alpha value is -0.120. The molecule has 2 unspecified atom stereocenters. The SMILES string of the molecule is CN1C2CCC1CN(CCN)C2. The molecule has 0 aliphatic carbocycles. The molecule has 70 valence electrons. The maximum atomic E-state index is 5.55. The molecule has 2 aliphatic heterocycles. The van der Waals surface area contributed by atoms with E-state index >= 15 is 0 Å². The molecule has 0 radical (unpaired) electrons. The first-order chi connectivity index (χ1) is 5.81. The highest BCUT2D eigenvalue weighted by atomic mass is 15.3. The number of fused-ring (bicyclic) bond motifs is 2. The Kier molecular flexibility index (Phi) is 2.35. The van der Waals surface area contributed by atoms with Gasteiger partial charge in [-0.1, -0.05) is 0 Å². The smallest absolute Gasteiger partial charge is 0.0224 e. The minimum atomic E-state index is 0.809. The van der Waals surface area contributed by atoms with E-state index in [1.807, 2.05) is 0 Å². The number of nitrogens with zero attached hydrogens (tertiary/aromatic N) is 2. The fraction of sp³-hybridized carbons (Fsp3) is 1.00. The van der Waals surface area contributed by atoms with Gasteiger partial charge in [-0.05, 0) is 19.9 Å². The van der Waals surface area contributed by atoms with Crippen molar-refractivity contribution in [3.05, 3.63) is 0 Å². The average Bonchev–Trinajstić information content (AvgIpc) is 2.33. The molecule has 0 saturated carbocycles. The molecule has 3 heteroatoms. The van der Waals surface area contributed by atoms with Gasteiger partial charge >= 0.3 is 0 Å². The number of hydrogen-bond donors (Lipinski definition) is 1. The first kappa shape index (κ1) is 8.48. The van der Waals surface area contributed by atoms with Crippen LogP contribution in [0.25, 0.3) is 0 Å². The van der Waals surface area contributed by atoms with E-state index in [0.717, 1.165) is 25.2 Å². The summed E-state index contributed by atoms with van der Waals surface area (Å²) < 4.78 is 0. The van der Waals surface area contributed by atoms with E-state index in [1.165, 1.54) is 25.9 Å². The summed E-state index contributed by atoms with van der Waals surface area (Å²) in [6.45, 7) is 4.37. The third-order valence-corrected chi connectivity index (χ3v) is 3.37. The normalized spacial score (nSPS) is 37.5. The quantitative estimate of drug-likeness (QED) is 0.617. The maximum absolute atomic E-state index is 5.55. The largest absolute Gasteiger partial charge is 0.329 e. The summed E-state index contributed by atoms with van der Waals surface area (Å²) in [5.74, 6) is 0. The van der Waals surface area contributed by atoms with Gasteiger partial charge in [-0.3, -0.25) is 9.80 Å². The molecule has 2 heterocycles. The molecule has 2 saturated heterocycles. The van der Waals surface area contributed by atoms with Crippen LogP contribution in [0.1, 0.15) is 12.8 Å². The summed E-state index contributed by atoms with van der Waals surface area (Å²) >= 11 is 0. The zero-order chi connectivity index (χ0) is 8.55. The molecule has 0 amide bonds. The lowest BCUT2D eigenvalue weighted by molar-refractivity contribution is 0.0910. The average molecular weight is 169 g/mol. The van der Waals surface area contributed by atoms with E-state index in [1.54, 1.807) is 0 Å². The Balaban J connectivity index is 1.93. The molecule has 3 nitrogen and oxygen atoms in total. The topological polar surface area (TPSA) is 32.5 Å². The highest BCUT2D eigenvalue weighted by Gasteiger charge is 2.36. The Labute approximate surface area is 74.5 Å². The third-order valence-electron chi connectivity index (χ3n) is 3.37. The summed E-state index contributed by atoms with van der Waals surface area (Å²) in [6, 6.07) is 1.63. The summed E-state index contributed by atoms with van der Waals surface area (Å²) in [5, 5.41) is 0. The number of hydrogen-bond acceptors (Lipinski definition) is 3. The monoisotopic (exact) mass is 169 g/mol. The predicted octanol–water partition coefficient (Wildman–Crippen LogP) is -0.276. The standard InChI is InChI=1S/C9H19N3/c1-11-8-2-3-9(11)7-12(6-8)5-4-10/h8-9H,2-7,10H2,1H3. The highest BCUT2D eigenvalue weighted by molar-refractivity contribution is 4.93. The van der Waals surface area contributed by atoms with E-state index in [4.69, 9.17) is 5.73 Å². The van der Waals surface area contributed by atoms with Crippen molar-refractivity contribution in [1.29, 1.82) is 0 Å². The molecule has 0 spiro atoms. The van der Waals surface area contributed by atoms with E-state index in [9.17, 15) is 0 Å². The van der Waals surface area contributed by atoms with Gasteiger partial charge in [0.2, 0.25) is 0 Å². The van der Waals surface area contributed by atoms with Crippen LogP contribution in [-0.4, -0.2) is 55.1 Å². The molecule has 2 fully saturated rings. The van der Waals surface area contributed by atoms with Crippen LogP contribution in [0.5, 0.6) is 0 Å². The van der Waals surface area contributed by atoms with Crippen molar-refractivity contribution in [3.63, 3.8) is 0 Å². The number of nitrogens with two attached hydrogens (primary N) is 1. The van der Waals surface area contributed by atoms with Gasteiger partial charge in [0, 0.05) is 38.3 Å². The first-order valence-corrected chi connectivity index (χ1v) is 4.95. The van der Waals surface area contributed by atoms with Gasteiger partial charge in [0.25, 0.3) is 0 Å². The second-order valence-electron chi connectivity index (χ2n) is 4.10. The number of likely N-dealkylation sites (N-methyl/N-ethyl adjacent to an activating group) is 1. The van der Waals surface area contributed by atoms with Crippen LogP contribution in [0.4, 0.5) is 0 Å². The van der Waals surface area contributed by atoms with Crippen molar-refractivity contribution in [1.82, 2.24) is 9.80 Å². The van der Waals surface area contributed by atoms with Crippen LogP contribution in [0.2, 0.25) is 0 Å². The summed E-state index contributed by atoms with van der Waals surface area (Å²) in [5.41, 5.74) is 5.55. The Morgan fingerprint density at radius 1 is 1.25 bits per heavy atom. The van der Waals surface area contributed by atoms with Crippen LogP contribution in [-0.2, 0) is 0 Å². The van der Waals surface area contributed by atoms with Gasteiger partial charge in [-0.15, -0.1) is 0 Å².